The summed E-state index contributed by atoms with van der Waals surface area (Å²) in [5.41, 5.74) is -0.0737. The van der Waals surface area contributed by atoms with Crippen LogP contribution < -0.4 is 10.3 Å². The lowest BCUT2D eigenvalue weighted by Crippen LogP contribution is -2.27. The number of allylic oxidation sites excluding steroid dienone is 1. The fourth-order valence-corrected chi connectivity index (χ4v) is 2.63. The van der Waals surface area contributed by atoms with Gasteiger partial charge in [0.1, 0.15) is 17.4 Å². The fraction of sp³-hybridized carbons (Fsp3) is 0.211. The SMILES string of the molecule is C=CCn1c(O)c(C(=O)COc2ccc(Cl)c(C)c2)c(C)c(C#N)c1=O. The highest BCUT2D eigenvalue weighted by molar-refractivity contribution is 6.31. The third-order valence-corrected chi connectivity index (χ3v) is 4.31. The zero-order valence-corrected chi connectivity index (χ0v) is 15.1. The van der Waals surface area contributed by atoms with E-state index in [0.29, 0.717) is 10.8 Å². The summed E-state index contributed by atoms with van der Waals surface area (Å²) in [4.78, 5) is 24.8. The number of nitrogens with zero attached hydrogens (tertiary/aromatic N) is 2. The number of carbonyl (C=O) groups is 1. The van der Waals surface area contributed by atoms with E-state index < -0.39 is 17.2 Å². The minimum atomic E-state index is -0.673. The minimum absolute atomic E-state index is 0.0306. The lowest BCUT2D eigenvalue weighted by Gasteiger charge is -2.14. The molecule has 0 bridgehead atoms. The van der Waals surface area contributed by atoms with Gasteiger partial charge in [-0.3, -0.25) is 14.2 Å². The van der Waals surface area contributed by atoms with Crippen molar-refractivity contribution in [3.05, 3.63) is 68.5 Å². The maximum Gasteiger partial charge on any atom is 0.271 e. The normalized spacial score (nSPS) is 10.2. The van der Waals surface area contributed by atoms with Crippen LogP contribution >= 0.6 is 11.6 Å². The molecule has 0 fully saturated rings. The molecule has 0 saturated heterocycles. The summed E-state index contributed by atoms with van der Waals surface area (Å²) in [7, 11) is 0. The van der Waals surface area contributed by atoms with E-state index in [1.165, 1.54) is 13.0 Å². The van der Waals surface area contributed by atoms with Gasteiger partial charge in [0.05, 0.1) is 5.56 Å². The molecule has 1 heterocycles. The molecule has 0 amide bonds. The summed E-state index contributed by atoms with van der Waals surface area (Å²) < 4.78 is 6.39. The Morgan fingerprint density at radius 2 is 2.15 bits per heavy atom. The van der Waals surface area contributed by atoms with Crippen LogP contribution in [0.3, 0.4) is 0 Å². The zero-order valence-electron chi connectivity index (χ0n) is 14.4. The average Bonchev–Trinajstić information content (AvgIpc) is 2.60. The van der Waals surface area contributed by atoms with Crippen molar-refractivity contribution in [3.63, 3.8) is 0 Å². The third kappa shape index (κ3) is 3.63. The van der Waals surface area contributed by atoms with Crippen molar-refractivity contribution in [1.82, 2.24) is 4.57 Å². The van der Waals surface area contributed by atoms with Crippen molar-refractivity contribution in [3.8, 4) is 17.7 Å². The van der Waals surface area contributed by atoms with Crippen LogP contribution in [0.4, 0.5) is 0 Å². The van der Waals surface area contributed by atoms with Gasteiger partial charge in [-0.05, 0) is 43.2 Å². The first-order valence-electron chi connectivity index (χ1n) is 7.71. The van der Waals surface area contributed by atoms with Crippen molar-refractivity contribution in [2.45, 2.75) is 20.4 Å². The number of pyridine rings is 1. The minimum Gasteiger partial charge on any atom is -0.494 e. The van der Waals surface area contributed by atoms with Gasteiger partial charge < -0.3 is 9.84 Å². The Morgan fingerprint density at radius 1 is 1.46 bits per heavy atom. The van der Waals surface area contributed by atoms with E-state index in [9.17, 15) is 20.0 Å². The molecule has 134 valence electrons. The second-order valence-corrected chi connectivity index (χ2v) is 6.04. The summed E-state index contributed by atoms with van der Waals surface area (Å²) in [6.07, 6.45) is 1.39. The highest BCUT2D eigenvalue weighted by Gasteiger charge is 2.23. The van der Waals surface area contributed by atoms with Crippen molar-refractivity contribution in [2.75, 3.05) is 6.61 Å². The molecule has 0 spiro atoms. The molecule has 0 aliphatic rings. The van der Waals surface area contributed by atoms with Crippen LogP contribution in [0.5, 0.6) is 11.6 Å². The van der Waals surface area contributed by atoms with Crippen molar-refractivity contribution < 1.29 is 14.6 Å². The van der Waals surface area contributed by atoms with Gasteiger partial charge in [-0.1, -0.05) is 17.7 Å². The highest BCUT2D eigenvalue weighted by Crippen LogP contribution is 2.24. The first kappa shape index (κ1) is 19.3. The predicted octanol–water partition coefficient (Wildman–Crippen LogP) is 3.14. The molecule has 0 unspecified atom stereocenters. The number of carbonyl (C=O) groups excluding carboxylic acids is 1. The highest BCUT2D eigenvalue weighted by atomic mass is 35.5. The molecule has 7 heteroatoms. The Kier molecular flexibility index (Phi) is 5.86. The number of nitriles is 1. The molecule has 1 N–H and O–H groups in total. The molecule has 0 saturated carbocycles. The Bertz CT molecular complexity index is 986. The standard InChI is InChI=1S/C19H17ClN2O4/c1-4-7-22-18(24)14(9-21)12(3)17(19(22)25)16(23)10-26-13-5-6-15(20)11(2)8-13/h4-6,8,25H,1,7,10H2,2-3H3. The number of ketones is 1. The number of aromatic hydroxyl groups is 1. The van der Waals surface area contributed by atoms with Crippen LogP contribution in [-0.4, -0.2) is 22.1 Å². The summed E-state index contributed by atoms with van der Waals surface area (Å²) in [6.45, 7) is 6.35. The molecule has 0 radical (unpaired) electrons. The molecule has 26 heavy (non-hydrogen) atoms. The predicted molar refractivity (Wildman–Crippen MR) is 98.0 cm³/mol. The summed E-state index contributed by atoms with van der Waals surface area (Å²) >= 11 is 5.95. The van der Waals surface area contributed by atoms with Gasteiger partial charge in [0.25, 0.3) is 5.56 Å². The van der Waals surface area contributed by atoms with Crippen molar-refractivity contribution in [1.29, 1.82) is 5.26 Å². The molecular formula is C19H17ClN2O4. The summed E-state index contributed by atoms with van der Waals surface area (Å²) in [5, 5.41) is 20.2. The molecule has 2 rings (SSSR count). The van der Waals surface area contributed by atoms with Crippen LogP contribution in [0, 0.1) is 25.2 Å². The first-order chi connectivity index (χ1) is 12.3. The van der Waals surface area contributed by atoms with Crippen LogP contribution in [0.2, 0.25) is 5.02 Å². The van der Waals surface area contributed by atoms with Gasteiger partial charge in [0, 0.05) is 11.6 Å². The fourth-order valence-electron chi connectivity index (χ4n) is 2.51. The largest absolute Gasteiger partial charge is 0.494 e. The zero-order chi connectivity index (χ0) is 19.4. The number of aromatic nitrogens is 1. The molecular weight excluding hydrogens is 356 g/mol. The first-order valence-corrected chi connectivity index (χ1v) is 8.09. The third-order valence-electron chi connectivity index (χ3n) is 3.89. The number of aryl methyl sites for hydroxylation is 1. The molecule has 2 aromatic rings. The van der Waals surface area contributed by atoms with E-state index in [0.717, 1.165) is 10.1 Å². The Labute approximate surface area is 155 Å². The van der Waals surface area contributed by atoms with E-state index in [1.54, 1.807) is 31.2 Å². The number of halogens is 1. The van der Waals surface area contributed by atoms with Crippen LogP contribution in [0.25, 0.3) is 0 Å². The van der Waals surface area contributed by atoms with Gasteiger partial charge in [-0.25, -0.2) is 0 Å². The molecule has 0 atom stereocenters. The number of hydrogen-bond acceptors (Lipinski definition) is 5. The molecule has 6 nitrogen and oxygen atoms in total. The second kappa shape index (κ2) is 7.89. The number of Topliss-reactive ketones (excluding diaryl/α,β-unsaturated/α-hetero) is 1. The topological polar surface area (TPSA) is 92.3 Å². The lowest BCUT2D eigenvalue weighted by molar-refractivity contribution is 0.0916. The Balaban J connectivity index is 2.40. The van der Waals surface area contributed by atoms with E-state index in [1.807, 2.05) is 0 Å². The van der Waals surface area contributed by atoms with Gasteiger partial charge in [0.2, 0.25) is 11.7 Å². The lowest BCUT2D eigenvalue weighted by atomic mass is 10.0. The van der Waals surface area contributed by atoms with E-state index in [-0.39, 0.29) is 29.8 Å². The van der Waals surface area contributed by atoms with E-state index >= 15 is 0 Å². The van der Waals surface area contributed by atoms with Crippen LogP contribution in [-0.2, 0) is 6.54 Å². The monoisotopic (exact) mass is 372 g/mol. The maximum atomic E-state index is 12.6. The number of benzene rings is 1. The maximum absolute atomic E-state index is 12.6. The van der Waals surface area contributed by atoms with Crippen molar-refractivity contribution >= 4 is 17.4 Å². The van der Waals surface area contributed by atoms with Crippen molar-refractivity contribution in [2.24, 2.45) is 0 Å². The summed E-state index contributed by atoms with van der Waals surface area (Å²) in [6, 6.07) is 6.74. The summed E-state index contributed by atoms with van der Waals surface area (Å²) in [5.74, 6) is -0.619. The number of rotatable bonds is 6. The smallest absolute Gasteiger partial charge is 0.271 e. The van der Waals surface area contributed by atoms with Gasteiger partial charge in [-0.15, -0.1) is 6.58 Å². The van der Waals surface area contributed by atoms with Gasteiger partial charge in [0.15, 0.2) is 6.61 Å². The Hall–Kier alpha value is -3.04. The molecule has 0 aliphatic carbocycles. The van der Waals surface area contributed by atoms with Crippen LogP contribution in [0.15, 0.2) is 35.6 Å². The van der Waals surface area contributed by atoms with E-state index in [2.05, 4.69) is 6.58 Å². The van der Waals surface area contributed by atoms with Gasteiger partial charge >= 0.3 is 0 Å². The molecule has 1 aromatic heterocycles. The average molecular weight is 373 g/mol. The molecule has 1 aromatic carbocycles. The molecule has 0 aliphatic heterocycles. The van der Waals surface area contributed by atoms with Crippen LogP contribution in [0.1, 0.15) is 27.0 Å². The Morgan fingerprint density at radius 3 is 2.73 bits per heavy atom. The van der Waals surface area contributed by atoms with E-state index in [4.69, 9.17) is 16.3 Å². The quantitative estimate of drug-likeness (QED) is 0.621. The number of hydrogen-bond donors (Lipinski definition) is 1. The second-order valence-electron chi connectivity index (χ2n) is 5.64. The number of ether oxygens (including phenoxy) is 1. The van der Waals surface area contributed by atoms with Gasteiger partial charge in [-0.2, -0.15) is 5.26 Å².